The third-order valence-corrected chi connectivity index (χ3v) is 4.82. The molecule has 2 N–H and O–H groups in total. The summed E-state index contributed by atoms with van der Waals surface area (Å²) in [6.07, 6.45) is 0. The van der Waals surface area contributed by atoms with Crippen molar-refractivity contribution < 1.29 is 19.1 Å². The quantitative estimate of drug-likeness (QED) is 0.900. The van der Waals surface area contributed by atoms with E-state index in [1.165, 1.54) is 34.9 Å². The van der Waals surface area contributed by atoms with Crippen LogP contribution in [-0.2, 0) is 4.79 Å². The van der Waals surface area contributed by atoms with Crippen LogP contribution < -0.4 is 5.32 Å². The second-order valence-corrected chi connectivity index (χ2v) is 6.32. The number of nitrogens with one attached hydrogen (secondary N) is 1. The van der Waals surface area contributed by atoms with Crippen LogP contribution in [0.4, 0.5) is 14.9 Å². The maximum Gasteiger partial charge on any atom is 0.327 e. The number of thioether (sulfide) groups is 1. The highest BCUT2D eigenvalue weighted by Gasteiger charge is 2.42. The lowest BCUT2D eigenvalue weighted by atomic mass is 10.1. The molecule has 2 amide bonds. The average Bonchev–Trinajstić information content (AvgIpc) is 2.83. The number of hydrogen-bond acceptors (Lipinski definition) is 3. The Labute approximate surface area is 126 Å². The van der Waals surface area contributed by atoms with Gasteiger partial charge in [0.05, 0.1) is 5.37 Å². The van der Waals surface area contributed by atoms with E-state index in [4.69, 9.17) is 0 Å². The van der Waals surface area contributed by atoms with Crippen LogP contribution in [0, 0.1) is 11.7 Å². The van der Waals surface area contributed by atoms with Crippen LogP contribution in [0.15, 0.2) is 24.3 Å². The van der Waals surface area contributed by atoms with Gasteiger partial charge in [0.1, 0.15) is 11.9 Å². The minimum Gasteiger partial charge on any atom is -0.480 e. The molecule has 2 rings (SSSR count). The lowest BCUT2D eigenvalue weighted by Crippen LogP contribution is -2.49. The molecule has 0 radical (unpaired) electrons. The van der Waals surface area contributed by atoms with Crippen molar-refractivity contribution in [2.24, 2.45) is 5.92 Å². The standard InChI is InChI=1S/C14H17FN2O3S/c1-8(2)12-17(11(7-21-12)13(18)19)14(20)16-10-5-3-4-9(15)6-10/h3-6,8,11-12H,7H2,1-2H3,(H,16,20)(H,18,19). The molecule has 0 aliphatic carbocycles. The zero-order chi connectivity index (χ0) is 15.6. The van der Waals surface area contributed by atoms with E-state index in [0.717, 1.165) is 0 Å². The molecule has 1 fully saturated rings. The summed E-state index contributed by atoms with van der Waals surface area (Å²) in [5, 5.41) is 11.6. The highest BCUT2D eigenvalue weighted by atomic mass is 32.2. The number of rotatable bonds is 3. The van der Waals surface area contributed by atoms with Crippen LogP contribution in [0.3, 0.4) is 0 Å². The van der Waals surface area contributed by atoms with E-state index in [-0.39, 0.29) is 11.3 Å². The second kappa shape index (κ2) is 6.34. The Bertz CT molecular complexity index is 553. The maximum absolute atomic E-state index is 13.1. The summed E-state index contributed by atoms with van der Waals surface area (Å²) in [5.41, 5.74) is 0.309. The Kier molecular flexibility index (Phi) is 4.72. The second-order valence-electron chi connectivity index (χ2n) is 5.17. The molecule has 1 heterocycles. The summed E-state index contributed by atoms with van der Waals surface area (Å²) in [5.74, 6) is -1.01. The summed E-state index contributed by atoms with van der Waals surface area (Å²) in [4.78, 5) is 25.0. The van der Waals surface area contributed by atoms with Crippen LogP contribution in [-0.4, -0.2) is 39.2 Å². The van der Waals surface area contributed by atoms with Gasteiger partial charge in [-0.15, -0.1) is 11.8 Å². The first-order valence-electron chi connectivity index (χ1n) is 6.59. The van der Waals surface area contributed by atoms with Gasteiger partial charge in [0, 0.05) is 11.4 Å². The van der Waals surface area contributed by atoms with Gasteiger partial charge in [-0.2, -0.15) is 0 Å². The fraction of sp³-hybridized carbons (Fsp3) is 0.429. The van der Waals surface area contributed by atoms with Crippen molar-refractivity contribution in [3.05, 3.63) is 30.1 Å². The molecule has 0 aromatic heterocycles. The molecule has 5 nitrogen and oxygen atoms in total. The Hall–Kier alpha value is -1.76. The molecule has 1 aliphatic rings. The molecule has 7 heteroatoms. The fourth-order valence-electron chi connectivity index (χ4n) is 2.24. The van der Waals surface area contributed by atoms with Gasteiger partial charge in [0.25, 0.3) is 0 Å². The largest absolute Gasteiger partial charge is 0.480 e. The molecule has 21 heavy (non-hydrogen) atoms. The van der Waals surface area contributed by atoms with Crippen molar-refractivity contribution in [3.63, 3.8) is 0 Å². The Balaban J connectivity index is 2.19. The number of carbonyl (C=O) groups is 2. The molecule has 0 saturated carbocycles. The number of nitrogens with zero attached hydrogens (tertiary/aromatic N) is 1. The topological polar surface area (TPSA) is 69.6 Å². The van der Waals surface area contributed by atoms with Crippen LogP contribution in [0.1, 0.15) is 13.8 Å². The molecule has 2 unspecified atom stereocenters. The molecule has 2 atom stereocenters. The van der Waals surface area contributed by atoms with Crippen LogP contribution >= 0.6 is 11.8 Å². The van der Waals surface area contributed by atoms with Gasteiger partial charge in [-0.25, -0.2) is 14.0 Å². The molecule has 114 valence electrons. The maximum atomic E-state index is 13.1. The highest BCUT2D eigenvalue weighted by molar-refractivity contribution is 8.00. The number of urea groups is 1. The van der Waals surface area contributed by atoms with E-state index >= 15 is 0 Å². The predicted molar refractivity (Wildman–Crippen MR) is 79.8 cm³/mol. The smallest absolute Gasteiger partial charge is 0.327 e. The number of carbonyl (C=O) groups excluding carboxylic acids is 1. The Morgan fingerprint density at radius 1 is 1.48 bits per heavy atom. The van der Waals surface area contributed by atoms with Crippen molar-refractivity contribution in [2.45, 2.75) is 25.3 Å². The minimum atomic E-state index is -1.03. The molecule has 1 aromatic carbocycles. The third kappa shape index (κ3) is 3.47. The number of hydrogen-bond donors (Lipinski definition) is 2. The summed E-state index contributed by atoms with van der Waals surface area (Å²) in [7, 11) is 0. The van der Waals surface area contributed by atoms with Crippen LogP contribution in [0.2, 0.25) is 0 Å². The fourth-order valence-corrected chi connectivity index (χ4v) is 3.71. The van der Waals surface area contributed by atoms with Crippen molar-refractivity contribution in [3.8, 4) is 0 Å². The zero-order valence-electron chi connectivity index (χ0n) is 11.7. The Morgan fingerprint density at radius 3 is 2.76 bits per heavy atom. The summed E-state index contributed by atoms with van der Waals surface area (Å²) in [6, 6.07) is 4.13. The van der Waals surface area contributed by atoms with Gasteiger partial charge in [-0.05, 0) is 24.1 Å². The number of halogens is 1. The van der Waals surface area contributed by atoms with Crippen molar-refractivity contribution in [1.29, 1.82) is 0 Å². The van der Waals surface area contributed by atoms with Gasteiger partial charge in [0.2, 0.25) is 0 Å². The number of amides is 2. The molecule has 0 bridgehead atoms. The van der Waals surface area contributed by atoms with Gasteiger partial charge >= 0.3 is 12.0 Å². The molecule has 0 spiro atoms. The summed E-state index contributed by atoms with van der Waals surface area (Å²) >= 11 is 1.45. The molecular weight excluding hydrogens is 295 g/mol. The number of carboxylic acid groups (broad SMARTS) is 1. The van der Waals surface area contributed by atoms with Gasteiger partial charge < -0.3 is 10.4 Å². The molecule has 1 aromatic rings. The SMILES string of the molecule is CC(C)C1SCC(C(=O)O)N1C(=O)Nc1cccc(F)c1. The predicted octanol–water partition coefficient (Wildman–Crippen LogP) is 2.84. The zero-order valence-corrected chi connectivity index (χ0v) is 12.6. The van der Waals surface area contributed by atoms with E-state index in [9.17, 15) is 19.1 Å². The first-order valence-corrected chi connectivity index (χ1v) is 7.64. The molecular formula is C14H17FN2O3S. The number of anilines is 1. The molecule has 1 aliphatic heterocycles. The lowest BCUT2D eigenvalue weighted by Gasteiger charge is -2.29. The number of aliphatic carboxylic acids is 1. The molecule has 1 saturated heterocycles. The normalized spacial score (nSPS) is 21.6. The van der Waals surface area contributed by atoms with E-state index in [1.54, 1.807) is 6.07 Å². The van der Waals surface area contributed by atoms with Gasteiger partial charge in [-0.3, -0.25) is 4.90 Å². The Morgan fingerprint density at radius 2 is 2.19 bits per heavy atom. The highest BCUT2D eigenvalue weighted by Crippen LogP contribution is 2.34. The van der Waals surface area contributed by atoms with E-state index in [0.29, 0.717) is 11.4 Å². The third-order valence-electron chi connectivity index (χ3n) is 3.20. The van der Waals surface area contributed by atoms with Gasteiger partial charge in [-0.1, -0.05) is 19.9 Å². The van der Waals surface area contributed by atoms with Crippen LogP contribution in [0.5, 0.6) is 0 Å². The van der Waals surface area contributed by atoms with Crippen molar-refractivity contribution in [2.75, 3.05) is 11.1 Å². The van der Waals surface area contributed by atoms with E-state index in [1.807, 2.05) is 13.8 Å². The van der Waals surface area contributed by atoms with Crippen molar-refractivity contribution >= 4 is 29.4 Å². The first kappa shape index (κ1) is 15.6. The monoisotopic (exact) mass is 312 g/mol. The number of benzene rings is 1. The van der Waals surface area contributed by atoms with Gasteiger partial charge in [0.15, 0.2) is 0 Å². The first-order chi connectivity index (χ1) is 9.90. The van der Waals surface area contributed by atoms with Crippen molar-refractivity contribution in [1.82, 2.24) is 4.90 Å². The van der Waals surface area contributed by atoms with Crippen LogP contribution in [0.25, 0.3) is 0 Å². The van der Waals surface area contributed by atoms with E-state index in [2.05, 4.69) is 5.32 Å². The summed E-state index contributed by atoms with van der Waals surface area (Å²) < 4.78 is 13.1. The lowest BCUT2D eigenvalue weighted by molar-refractivity contribution is -0.141. The minimum absolute atomic E-state index is 0.123. The average molecular weight is 312 g/mol. The van der Waals surface area contributed by atoms with E-state index < -0.39 is 23.9 Å². The summed E-state index contributed by atoms with van der Waals surface area (Å²) in [6.45, 7) is 3.87. The number of carboxylic acids is 1.